The Morgan fingerprint density at radius 1 is 1.15 bits per heavy atom. The molecule has 4 nitrogen and oxygen atoms in total. The number of aromatic nitrogens is 3. The Morgan fingerprint density at radius 2 is 2.08 bits per heavy atom. The lowest BCUT2D eigenvalue weighted by Crippen LogP contribution is -2.16. The molecule has 1 aromatic carbocycles. The maximum Gasteiger partial charge on any atom is 0.191 e. The molecule has 3 aromatic rings. The number of ether oxygens (including phenoxy) is 1. The van der Waals surface area contributed by atoms with E-state index in [1.54, 1.807) is 23.1 Å². The molecular weight excluding hydrogens is 362 g/mol. The fraction of sp³-hybridized carbons (Fsp3) is 0.400. The first-order valence-electron chi connectivity index (χ1n) is 9.15. The molecule has 1 atom stereocenters. The average Bonchev–Trinajstić information content (AvgIpc) is 3.43. The molecule has 0 aliphatic carbocycles. The SMILES string of the molecule is c1ccc(CCCSc2nnc(-c3cccs3)n2CC2CCCO2)cc1. The minimum absolute atomic E-state index is 0.286. The van der Waals surface area contributed by atoms with Crippen molar-refractivity contribution < 1.29 is 4.74 Å². The van der Waals surface area contributed by atoms with Crippen molar-refractivity contribution in [2.24, 2.45) is 0 Å². The molecule has 3 heterocycles. The largest absolute Gasteiger partial charge is 0.376 e. The van der Waals surface area contributed by atoms with Gasteiger partial charge in [-0.25, -0.2) is 0 Å². The van der Waals surface area contributed by atoms with Gasteiger partial charge < -0.3 is 4.74 Å². The zero-order valence-corrected chi connectivity index (χ0v) is 16.3. The van der Waals surface area contributed by atoms with Crippen LogP contribution in [0.15, 0.2) is 53.0 Å². The van der Waals surface area contributed by atoms with Crippen molar-refractivity contribution in [2.75, 3.05) is 12.4 Å². The minimum Gasteiger partial charge on any atom is -0.376 e. The summed E-state index contributed by atoms with van der Waals surface area (Å²) >= 11 is 3.52. The normalized spacial score (nSPS) is 17.0. The van der Waals surface area contributed by atoms with E-state index in [0.717, 1.165) is 55.6 Å². The van der Waals surface area contributed by atoms with E-state index in [0.29, 0.717) is 0 Å². The summed E-state index contributed by atoms with van der Waals surface area (Å²) in [6.45, 7) is 1.72. The third kappa shape index (κ3) is 4.37. The quantitative estimate of drug-likeness (QED) is 0.408. The van der Waals surface area contributed by atoms with Crippen molar-refractivity contribution in [1.82, 2.24) is 14.8 Å². The van der Waals surface area contributed by atoms with Gasteiger partial charge in [0.2, 0.25) is 0 Å². The lowest BCUT2D eigenvalue weighted by molar-refractivity contribution is 0.0953. The fourth-order valence-corrected chi connectivity index (χ4v) is 4.83. The van der Waals surface area contributed by atoms with E-state index >= 15 is 0 Å². The Balaban J connectivity index is 1.42. The molecule has 0 saturated carbocycles. The van der Waals surface area contributed by atoms with E-state index in [1.165, 1.54) is 10.4 Å². The smallest absolute Gasteiger partial charge is 0.191 e. The lowest BCUT2D eigenvalue weighted by atomic mass is 10.1. The molecular formula is C20H23N3OS2. The monoisotopic (exact) mass is 385 g/mol. The van der Waals surface area contributed by atoms with E-state index in [9.17, 15) is 0 Å². The van der Waals surface area contributed by atoms with Crippen LogP contribution in [0.3, 0.4) is 0 Å². The molecule has 1 aliphatic rings. The van der Waals surface area contributed by atoms with Gasteiger partial charge in [0.25, 0.3) is 0 Å². The van der Waals surface area contributed by atoms with Gasteiger partial charge in [-0.05, 0) is 42.7 Å². The van der Waals surface area contributed by atoms with Crippen LogP contribution >= 0.6 is 23.1 Å². The van der Waals surface area contributed by atoms with Crippen LogP contribution < -0.4 is 0 Å². The van der Waals surface area contributed by atoms with Gasteiger partial charge in [0.05, 0.1) is 17.5 Å². The van der Waals surface area contributed by atoms with Crippen molar-refractivity contribution >= 4 is 23.1 Å². The van der Waals surface area contributed by atoms with Crippen LogP contribution in [0.5, 0.6) is 0 Å². The third-order valence-corrected chi connectivity index (χ3v) is 6.47. The first kappa shape index (κ1) is 17.8. The topological polar surface area (TPSA) is 39.9 Å². The van der Waals surface area contributed by atoms with Gasteiger partial charge >= 0.3 is 0 Å². The van der Waals surface area contributed by atoms with E-state index in [2.05, 4.69) is 62.6 Å². The Kier molecular flexibility index (Phi) is 6.04. The standard InChI is InChI=1S/C20H23N3OS2/c1-2-7-16(8-3-1)9-5-14-26-20-22-21-19(18-11-6-13-25-18)23(20)15-17-10-4-12-24-17/h1-3,6-8,11,13,17H,4-5,9-10,12,14-15H2. The molecule has 26 heavy (non-hydrogen) atoms. The summed E-state index contributed by atoms with van der Waals surface area (Å²) in [4.78, 5) is 1.17. The molecule has 4 rings (SSSR count). The Hall–Kier alpha value is -1.63. The second-order valence-corrected chi connectivity index (χ2v) is 8.48. The van der Waals surface area contributed by atoms with Gasteiger partial charge in [0.15, 0.2) is 11.0 Å². The number of aryl methyl sites for hydroxylation is 1. The van der Waals surface area contributed by atoms with Crippen LogP contribution in [0.4, 0.5) is 0 Å². The van der Waals surface area contributed by atoms with Crippen LogP contribution in [0.25, 0.3) is 10.7 Å². The van der Waals surface area contributed by atoms with E-state index < -0.39 is 0 Å². The molecule has 0 radical (unpaired) electrons. The number of thioether (sulfide) groups is 1. The Morgan fingerprint density at radius 3 is 2.85 bits per heavy atom. The highest BCUT2D eigenvalue weighted by Crippen LogP contribution is 2.29. The Bertz CT molecular complexity index is 796. The Labute approximate surface area is 162 Å². The highest BCUT2D eigenvalue weighted by molar-refractivity contribution is 7.99. The van der Waals surface area contributed by atoms with E-state index in [1.807, 2.05) is 0 Å². The van der Waals surface area contributed by atoms with E-state index in [4.69, 9.17) is 4.74 Å². The predicted octanol–water partition coefficient (Wildman–Crippen LogP) is 4.91. The summed E-state index contributed by atoms with van der Waals surface area (Å²) in [7, 11) is 0. The average molecular weight is 386 g/mol. The van der Waals surface area contributed by atoms with E-state index in [-0.39, 0.29) is 6.10 Å². The first-order chi connectivity index (χ1) is 12.9. The van der Waals surface area contributed by atoms with Gasteiger partial charge in [-0.3, -0.25) is 4.57 Å². The number of benzene rings is 1. The number of hydrogen-bond donors (Lipinski definition) is 0. The van der Waals surface area contributed by atoms with Gasteiger partial charge in [-0.15, -0.1) is 21.5 Å². The van der Waals surface area contributed by atoms with Crippen LogP contribution in [0.1, 0.15) is 24.8 Å². The molecule has 0 N–H and O–H groups in total. The highest BCUT2D eigenvalue weighted by atomic mass is 32.2. The molecule has 0 amide bonds. The van der Waals surface area contributed by atoms with Crippen LogP contribution in [-0.2, 0) is 17.7 Å². The first-order valence-corrected chi connectivity index (χ1v) is 11.0. The lowest BCUT2D eigenvalue weighted by Gasteiger charge is -2.14. The molecule has 2 aromatic heterocycles. The third-order valence-electron chi connectivity index (χ3n) is 4.55. The van der Waals surface area contributed by atoms with Crippen molar-refractivity contribution in [1.29, 1.82) is 0 Å². The van der Waals surface area contributed by atoms with Gasteiger partial charge in [-0.1, -0.05) is 48.2 Å². The summed E-state index contributed by atoms with van der Waals surface area (Å²) in [6.07, 6.45) is 4.80. The maximum absolute atomic E-state index is 5.85. The molecule has 136 valence electrons. The molecule has 6 heteroatoms. The maximum atomic E-state index is 5.85. The number of hydrogen-bond acceptors (Lipinski definition) is 5. The number of thiophene rings is 1. The molecule has 1 saturated heterocycles. The van der Waals surface area contributed by atoms with Crippen molar-refractivity contribution in [3.63, 3.8) is 0 Å². The summed E-state index contributed by atoms with van der Waals surface area (Å²) in [5.41, 5.74) is 1.40. The second-order valence-electron chi connectivity index (χ2n) is 6.47. The van der Waals surface area contributed by atoms with Gasteiger partial charge in [0.1, 0.15) is 0 Å². The summed E-state index contributed by atoms with van der Waals surface area (Å²) in [5, 5.41) is 12.1. The minimum atomic E-state index is 0.286. The molecule has 1 unspecified atom stereocenters. The molecule has 1 aliphatic heterocycles. The van der Waals surface area contributed by atoms with Gasteiger partial charge in [-0.2, -0.15) is 0 Å². The summed E-state index contributed by atoms with van der Waals surface area (Å²) < 4.78 is 8.11. The van der Waals surface area contributed by atoms with Crippen molar-refractivity contribution in [3.8, 4) is 10.7 Å². The predicted molar refractivity (Wildman–Crippen MR) is 108 cm³/mol. The fourth-order valence-electron chi connectivity index (χ4n) is 3.22. The van der Waals surface area contributed by atoms with Crippen molar-refractivity contribution in [2.45, 2.75) is 43.5 Å². The zero-order valence-electron chi connectivity index (χ0n) is 14.7. The van der Waals surface area contributed by atoms with Crippen molar-refractivity contribution in [3.05, 3.63) is 53.4 Å². The van der Waals surface area contributed by atoms with Crippen LogP contribution in [0.2, 0.25) is 0 Å². The number of nitrogens with zero attached hydrogens (tertiary/aromatic N) is 3. The van der Waals surface area contributed by atoms with Gasteiger partial charge in [0, 0.05) is 12.4 Å². The molecule has 1 fully saturated rings. The van der Waals surface area contributed by atoms with Crippen LogP contribution in [-0.4, -0.2) is 33.2 Å². The highest BCUT2D eigenvalue weighted by Gasteiger charge is 2.22. The summed E-state index contributed by atoms with van der Waals surface area (Å²) in [6, 6.07) is 14.8. The van der Waals surface area contributed by atoms with Crippen LogP contribution in [0, 0.1) is 0 Å². The zero-order chi connectivity index (χ0) is 17.6. The second kappa shape index (κ2) is 8.84. The summed E-state index contributed by atoms with van der Waals surface area (Å²) in [5.74, 6) is 2.02. The number of rotatable bonds is 8. The molecule has 0 spiro atoms. The molecule has 0 bridgehead atoms.